The van der Waals surface area contributed by atoms with Crippen LogP contribution in [0.5, 0.6) is 0 Å². The van der Waals surface area contributed by atoms with Gasteiger partial charge in [0.05, 0.1) is 0 Å². The van der Waals surface area contributed by atoms with E-state index in [0.29, 0.717) is 6.54 Å². The van der Waals surface area contributed by atoms with E-state index in [-0.39, 0.29) is 0 Å². The molecular formula is C26H28N4. The number of aromatic amines is 1. The number of nitrogens with two attached hydrogens (primary N) is 1. The molecule has 4 N–H and O–H groups in total. The summed E-state index contributed by atoms with van der Waals surface area (Å²) in [4.78, 5) is 0. The molecule has 4 rings (SSSR count). The van der Waals surface area contributed by atoms with Gasteiger partial charge in [0.2, 0.25) is 0 Å². The number of benzene rings is 3. The van der Waals surface area contributed by atoms with Gasteiger partial charge in [-0.2, -0.15) is 5.10 Å². The topological polar surface area (TPSA) is 66.7 Å². The third-order valence-electron chi connectivity index (χ3n) is 5.58. The molecule has 0 aliphatic rings. The normalized spacial score (nSPS) is 11.4. The molecule has 0 aliphatic heterocycles. The lowest BCUT2D eigenvalue weighted by Gasteiger charge is -2.37. The number of anilines is 1. The first-order valence-electron chi connectivity index (χ1n) is 10.5. The lowest BCUT2D eigenvalue weighted by atomic mass is 9.77. The summed E-state index contributed by atoms with van der Waals surface area (Å²) in [6.07, 6.45) is 1.96. The maximum absolute atomic E-state index is 6.16. The molecule has 0 spiro atoms. The van der Waals surface area contributed by atoms with E-state index < -0.39 is 5.54 Å². The van der Waals surface area contributed by atoms with Crippen molar-refractivity contribution in [3.8, 4) is 0 Å². The second kappa shape index (κ2) is 8.97. The van der Waals surface area contributed by atoms with E-state index in [0.717, 1.165) is 46.6 Å². The van der Waals surface area contributed by atoms with Crippen molar-refractivity contribution in [3.05, 3.63) is 119 Å². The zero-order chi connectivity index (χ0) is 20.8. The van der Waals surface area contributed by atoms with Crippen LogP contribution in [0.3, 0.4) is 0 Å². The van der Waals surface area contributed by atoms with Crippen LogP contribution in [0, 0.1) is 0 Å². The van der Waals surface area contributed by atoms with Gasteiger partial charge in [-0.25, -0.2) is 0 Å². The zero-order valence-electron chi connectivity index (χ0n) is 17.3. The van der Waals surface area contributed by atoms with E-state index in [1.54, 1.807) is 0 Å². The fourth-order valence-electron chi connectivity index (χ4n) is 4.14. The third kappa shape index (κ3) is 3.62. The fourth-order valence-corrected chi connectivity index (χ4v) is 4.14. The van der Waals surface area contributed by atoms with Crippen LogP contribution in [0.25, 0.3) is 0 Å². The van der Waals surface area contributed by atoms with E-state index >= 15 is 0 Å². The molecule has 4 nitrogen and oxygen atoms in total. The van der Waals surface area contributed by atoms with E-state index in [2.05, 4.69) is 95.2 Å². The number of aromatic nitrogens is 2. The van der Waals surface area contributed by atoms with Gasteiger partial charge in [-0.15, -0.1) is 0 Å². The summed E-state index contributed by atoms with van der Waals surface area (Å²) < 4.78 is 0. The molecular weight excluding hydrogens is 368 g/mol. The molecule has 152 valence electrons. The Kier molecular flexibility index (Phi) is 5.96. The number of nitrogens with one attached hydrogen (secondary N) is 2. The quantitative estimate of drug-likeness (QED) is 0.358. The lowest BCUT2D eigenvalue weighted by Crippen LogP contribution is -2.38. The zero-order valence-corrected chi connectivity index (χ0v) is 17.3. The van der Waals surface area contributed by atoms with Gasteiger partial charge in [0.25, 0.3) is 0 Å². The van der Waals surface area contributed by atoms with Gasteiger partial charge < -0.3 is 11.1 Å². The van der Waals surface area contributed by atoms with Crippen molar-refractivity contribution in [2.24, 2.45) is 5.73 Å². The largest absolute Gasteiger partial charge is 0.351 e. The van der Waals surface area contributed by atoms with Crippen molar-refractivity contribution in [2.75, 3.05) is 5.32 Å². The number of nitrogens with zero attached hydrogens (tertiary/aromatic N) is 1. The monoisotopic (exact) mass is 396 g/mol. The molecule has 30 heavy (non-hydrogen) atoms. The van der Waals surface area contributed by atoms with Gasteiger partial charge in [0, 0.05) is 17.8 Å². The molecule has 0 unspecified atom stereocenters. The summed E-state index contributed by atoms with van der Waals surface area (Å²) in [6.45, 7) is 2.60. The average molecular weight is 397 g/mol. The predicted molar refractivity (Wildman–Crippen MR) is 123 cm³/mol. The molecule has 0 saturated carbocycles. The number of aryl methyl sites for hydroxylation is 1. The molecule has 0 fully saturated rings. The summed E-state index contributed by atoms with van der Waals surface area (Å²) in [6, 6.07) is 31.6. The summed E-state index contributed by atoms with van der Waals surface area (Å²) in [7, 11) is 0. The van der Waals surface area contributed by atoms with E-state index in [9.17, 15) is 0 Å². The van der Waals surface area contributed by atoms with Crippen LogP contribution in [0.2, 0.25) is 0 Å². The second-order valence-corrected chi connectivity index (χ2v) is 7.46. The predicted octanol–water partition coefficient (Wildman–Crippen LogP) is 5.22. The Morgan fingerprint density at radius 1 is 0.800 bits per heavy atom. The van der Waals surface area contributed by atoms with Gasteiger partial charge >= 0.3 is 0 Å². The Labute approximate surface area is 178 Å². The highest BCUT2D eigenvalue weighted by Crippen LogP contribution is 2.40. The molecule has 0 radical (unpaired) electrons. The molecule has 4 heteroatoms. The highest BCUT2D eigenvalue weighted by Gasteiger charge is 2.37. The van der Waals surface area contributed by atoms with Gasteiger partial charge in [-0.05, 0) is 23.1 Å². The molecule has 0 aliphatic carbocycles. The Morgan fingerprint density at radius 2 is 1.27 bits per heavy atom. The first-order valence-corrected chi connectivity index (χ1v) is 10.5. The smallest absolute Gasteiger partial charge is 0.153 e. The van der Waals surface area contributed by atoms with Crippen molar-refractivity contribution in [1.82, 2.24) is 10.2 Å². The highest BCUT2D eigenvalue weighted by molar-refractivity contribution is 5.60. The fraction of sp³-hybridized carbons (Fsp3) is 0.192. The minimum atomic E-state index is -0.605. The molecule has 1 heterocycles. The van der Waals surface area contributed by atoms with Crippen molar-refractivity contribution < 1.29 is 0 Å². The molecule has 4 aromatic rings. The number of hydrogen-bond donors (Lipinski definition) is 3. The Balaban J connectivity index is 1.96. The Hall–Kier alpha value is -3.37. The minimum Gasteiger partial charge on any atom is -0.351 e. The van der Waals surface area contributed by atoms with Crippen LogP contribution < -0.4 is 11.1 Å². The van der Waals surface area contributed by atoms with Crippen LogP contribution in [-0.4, -0.2) is 10.2 Å². The van der Waals surface area contributed by atoms with Crippen LogP contribution in [0.15, 0.2) is 91.0 Å². The summed E-state index contributed by atoms with van der Waals surface area (Å²) >= 11 is 0. The van der Waals surface area contributed by atoms with Crippen molar-refractivity contribution in [2.45, 2.75) is 31.8 Å². The lowest BCUT2D eigenvalue weighted by molar-refractivity contribution is 0.704. The highest BCUT2D eigenvalue weighted by atomic mass is 15.2. The molecule has 1 aromatic heterocycles. The minimum absolute atomic E-state index is 0.433. The average Bonchev–Trinajstić information content (AvgIpc) is 3.20. The van der Waals surface area contributed by atoms with Gasteiger partial charge in [-0.1, -0.05) is 104 Å². The Bertz CT molecular complexity index is 960. The molecule has 0 amide bonds. The van der Waals surface area contributed by atoms with Gasteiger partial charge in [-0.3, -0.25) is 5.10 Å². The maximum Gasteiger partial charge on any atom is 0.153 e. The first-order chi connectivity index (χ1) is 14.8. The second-order valence-electron chi connectivity index (χ2n) is 7.46. The summed E-state index contributed by atoms with van der Waals surface area (Å²) in [5.74, 6) is 0.803. The SMILES string of the molecule is CCCc1[nH]nc(NC(c2ccccc2)(c2ccccc2)c2ccccc2)c1CN. The number of rotatable bonds is 8. The molecule has 0 atom stereocenters. The maximum atomic E-state index is 6.16. The van der Waals surface area contributed by atoms with Crippen LogP contribution in [0.1, 0.15) is 41.3 Å². The Morgan fingerprint density at radius 3 is 1.67 bits per heavy atom. The van der Waals surface area contributed by atoms with E-state index in [4.69, 9.17) is 5.73 Å². The molecule has 0 bridgehead atoms. The summed E-state index contributed by atoms with van der Waals surface area (Å²) in [5, 5.41) is 11.7. The first kappa shape index (κ1) is 19.9. The van der Waals surface area contributed by atoms with Crippen LogP contribution >= 0.6 is 0 Å². The van der Waals surface area contributed by atoms with E-state index in [1.807, 2.05) is 18.2 Å². The van der Waals surface area contributed by atoms with Crippen LogP contribution in [-0.2, 0) is 18.5 Å². The van der Waals surface area contributed by atoms with Gasteiger partial charge in [0.15, 0.2) is 5.82 Å². The number of hydrogen-bond acceptors (Lipinski definition) is 3. The standard InChI is InChI=1S/C26H28N4/c1-2-12-24-23(19-27)25(30-29-24)28-26(20-13-6-3-7-14-20,21-15-8-4-9-16-21)22-17-10-5-11-18-22/h3-11,13-18H,2,12,19,27H2,1H3,(H2,28,29,30). The number of H-pyrrole nitrogens is 1. The third-order valence-corrected chi connectivity index (χ3v) is 5.58. The van der Waals surface area contributed by atoms with Crippen molar-refractivity contribution in [1.29, 1.82) is 0 Å². The molecule has 3 aromatic carbocycles. The van der Waals surface area contributed by atoms with E-state index in [1.165, 1.54) is 0 Å². The van der Waals surface area contributed by atoms with Crippen LogP contribution in [0.4, 0.5) is 5.82 Å². The van der Waals surface area contributed by atoms with Crippen molar-refractivity contribution >= 4 is 5.82 Å². The molecule has 0 saturated heterocycles. The van der Waals surface area contributed by atoms with Gasteiger partial charge in [0.1, 0.15) is 5.54 Å². The van der Waals surface area contributed by atoms with Crippen molar-refractivity contribution in [3.63, 3.8) is 0 Å². The summed E-state index contributed by atoms with van der Waals surface area (Å²) in [5.41, 5.74) is 11.1.